The lowest BCUT2D eigenvalue weighted by Gasteiger charge is -2.11. The van der Waals surface area contributed by atoms with Gasteiger partial charge in [0.1, 0.15) is 0 Å². The second kappa shape index (κ2) is 9.87. The standard InChI is InChI=1S/C9H11NO6.C2H6O2/c11-6-4-5-7(12)10(6)16-9(15)3-1-2-8(13)14;3-1-2-4/h1-5H2,(H,13,14);3-4H,1-2H2. The Morgan fingerprint density at radius 3 is 1.95 bits per heavy atom. The van der Waals surface area contributed by atoms with Gasteiger partial charge in [-0.15, -0.1) is 5.06 Å². The van der Waals surface area contributed by atoms with Crippen molar-refractivity contribution in [1.29, 1.82) is 0 Å². The number of carbonyl (C=O) groups is 4. The summed E-state index contributed by atoms with van der Waals surface area (Å²) in [4.78, 5) is 47.9. The number of carbonyl (C=O) groups excluding carboxylic acids is 3. The Morgan fingerprint density at radius 2 is 1.55 bits per heavy atom. The molecule has 114 valence electrons. The van der Waals surface area contributed by atoms with Crippen molar-refractivity contribution in [3.05, 3.63) is 0 Å². The lowest BCUT2D eigenvalue weighted by atomic mass is 10.2. The van der Waals surface area contributed by atoms with Crippen molar-refractivity contribution in [3.63, 3.8) is 0 Å². The summed E-state index contributed by atoms with van der Waals surface area (Å²) in [6.45, 7) is -0.250. The Morgan fingerprint density at radius 1 is 1.05 bits per heavy atom. The molecule has 1 aliphatic heterocycles. The third-order valence-corrected chi connectivity index (χ3v) is 2.07. The molecule has 0 aliphatic carbocycles. The van der Waals surface area contributed by atoms with Crippen LogP contribution in [0.5, 0.6) is 0 Å². The molecule has 1 rings (SSSR count). The molecule has 0 bridgehead atoms. The Hall–Kier alpha value is -2.00. The maximum Gasteiger partial charge on any atom is 0.333 e. The van der Waals surface area contributed by atoms with E-state index in [1.807, 2.05) is 0 Å². The smallest absolute Gasteiger partial charge is 0.333 e. The highest BCUT2D eigenvalue weighted by Crippen LogP contribution is 2.13. The maximum absolute atomic E-state index is 11.1. The molecule has 1 fully saturated rings. The van der Waals surface area contributed by atoms with Gasteiger partial charge in [0.25, 0.3) is 11.8 Å². The first-order chi connectivity index (χ1) is 9.42. The van der Waals surface area contributed by atoms with Crippen LogP contribution in [-0.4, -0.2) is 57.3 Å². The van der Waals surface area contributed by atoms with Gasteiger partial charge in [-0.1, -0.05) is 0 Å². The predicted octanol–water partition coefficient (Wildman–Crippen LogP) is -1.18. The Kier molecular flexibility index (Phi) is 8.88. The Balaban J connectivity index is 0.000000796. The fourth-order valence-electron chi connectivity index (χ4n) is 1.19. The number of aliphatic carboxylic acids is 1. The molecule has 1 aliphatic rings. The number of amides is 2. The Labute approximate surface area is 114 Å². The summed E-state index contributed by atoms with van der Waals surface area (Å²) < 4.78 is 0. The van der Waals surface area contributed by atoms with Crippen molar-refractivity contribution >= 4 is 23.8 Å². The van der Waals surface area contributed by atoms with E-state index in [1.165, 1.54) is 0 Å². The van der Waals surface area contributed by atoms with Crippen LogP contribution in [0.25, 0.3) is 0 Å². The molecule has 9 heteroatoms. The van der Waals surface area contributed by atoms with E-state index in [1.54, 1.807) is 0 Å². The van der Waals surface area contributed by atoms with Crippen LogP contribution in [0.15, 0.2) is 0 Å². The van der Waals surface area contributed by atoms with Crippen LogP contribution in [0, 0.1) is 0 Å². The number of rotatable bonds is 6. The number of hydroxylamine groups is 2. The maximum atomic E-state index is 11.1. The van der Waals surface area contributed by atoms with Crippen LogP contribution in [0.3, 0.4) is 0 Å². The van der Waals surface area contributed by atoms with Crippen LogP contribution >= 0.6 is 0 Å². The normalized spacial score (nSPS) is 13.8. The number of aliphatic hydroxyl groups excluding tert-OH is 2. The SMILES string of the molecule is O=C(O)CCCC(=O)ON1C(=O)CCC1=O.OCCO. The lowest BCUT2D eigenvalue weighted by molar-refractivity contribution is -0.197. The number of hydrogen-bond acceptors (Lipinski definition) is 7. The van der Waals surface area contributed by atoms with Crippen LogP contribution in [0.4, 0.5) is 0 Å². The van der Waals surface area contributed by atoms with Gasteiger partial charge in [-0.3, -0.25) is 14.4 Å². The highest BCUT2D eigenvalue weighted by Gasteiger charge is 2.32. The lowest BCUT2D eigenvalue weighted by Crippen LogP contribution is -2.32. The van der Waals surface area contributed by atoms with E-state index in [0.29, 0.717) is 5.06 Å². The zero-order chi connectivity index (χ0) is 15.5. The molecule has 0 unspecified atom stereocenters. The highest BCUT2D eigenvalue weighted by molar-refractivity contribution is 6.01. The number of carboxylic acids is 1. The molecule has 0 aromatic carbocycles. The fraction of sp³-hybridized carbons (Fsp3) is 0.636. The minimum absolute atomic E-state index is 0.0429. The van der Waals surface area contributed by atoms with E-state index in [0.717, 1.165) is 0 Å². The van der Waals surface area contributed by atoms with Crippen molar-refractivity contribution in [2.24, 2.45) is 0 Å². The highest BCUT2D eigenvalue weighted by atomic mass is 16.7. The van der Waals surface area contributed by atoms with Crippen LogP contribution in [0.2, 0.25) is 0 Å². The van der Waals surface area contributed by atoms with Crippen molar-refractivity contribution in [3.8, 4) is 0 Å². The third kappa shape index (κ3) is 7.44. The van der Waals surface area contributed by atoms with E-state index in [4.69, 9.17) is 15.3 Å². The van der Waals surface area contributed by atoms with Gasteiger partial charge < -0.3 is 20.2 Å². The number of hydrogen-bond donors (Lipinski definition) is 3. The van der Waals surface area contributed by atoms with Crippen molar-refractivity contribution < 1.29 is 39.3 Å². The monoisotopic (exact) mass is 291 g/mol. The van der Waals surface area contributed by atoms with Gasteiger partial charge in [-0.25, -0.2) is 4.79 Å². The van der Waals surface area contributed by atoms with Gasteiger partial charge in [0.15, 0.2) is 0 Å². The number of carboxylic acid groups (broad SMARTS) is 1. The van der Waals surface area contributed by atoms with Gasteiger partial charge >= 0.3 is 11.9 Å². The molecular formula is C11H17NO8. The summed E-state index contributed by atoms with van der Waals surface area (Å²) in [6.07, 6.45) is -0.0901. The molecule has 3 N–H and O–H groups in total. The molecule has 1 heterocycles. The molecule has 0 spiro atoms. The van der Waals surface area contributed by atoms with E-state index < -0.39 is 23.8 Å². The van der Waals surface area contributed by atoms with Crippen molar-refractivity contribution in [2.45, 2.75) is 32.1 Å². The van der Waals surface area contributed by atoms with Crippen molar-refractivity contribution in [2.75, 3.05) is 13.2 Å². The van der Waals surface area contributed by atoms with Crippen molar-refractivity contribution in [1.82, 2.24) is 5.06 Å². The first-order valence-electron chi connectivity index (χ1n) is 5.92. The molecule has 1 saturated heterocycles. The topological polar surface area (TPSA) is 141 Å². The van der Waals surface area contributed by atoms with E-state index in [2.05, 4.69) is 4.84 Å². The van der Waals surface area contributed by atoms with E-state index >= 15 is 0 Å². The predicted molar refractivity (Wildman–Crippen MR) is 62.8 cm³/mol. The second-order valence-electron chi connectivity index (χ2n) is 3.74. The second-order valence-corrected chi connectivity index (χ2v) is 3.74. The van der Waals surface area contributed by atoms with Gasteiger partial charge in [0, 0.05) is 25.7 Å². The Bertz CT molecular complexity index is 349. The summed E-state index contributed by atoms with van der Waals surface area (Å²) in [5, 5.41) is 24.0. The zero-order valence-electron chi connectivity index (χ0n) is 10.8. The largest absolute Gasteiger partial charge is 0.481 e. The van der Waals surface area contributed by atoms with Gasteiger partial charge in [-0.05, 0) is 6.42 Å². The number of aliphatic hydroxyl groups is 2. The summed E-state index contributed by atoms with van der Waals surface area (Å²) >= 11 is 0. The minimum atomic E-state index is -1.01. The van der Waals surface area contributed by atoms with E-state index in [-0.39, 0.29) is 45.3 Å². The van der Waals surface area contributed by atoms with Gasteiger partial charge in [-0.2, -0.15) is 0 Å². The molecule has 0 atom stereocenters. The molecule has 2 amide bonds. The zero-order valence-corrected chi connectivity index (χ0v) is 10.8. The minimum Gasteiger partial charge on any atom is -0.481 e. The van der Waals surface area contributed by atoms with Gasteiger partial charge in [0.2, 0.25) is 0 Å². The summed E-state index contributed by atoms with van der Waals surface area (Å²) in [5.74, 6) is -2.88. The molecule has 0 radical (unpaired) electrons. The summed E-state index contributed by atoms with van der Waals surface area (Å²) in [5.41, 5.74) is 0. The first kappa shape index (κ1) is 18.0. The average Bonchev–Trinajstić information content (AvgIpc) is 2.70. The third-order valence-electron chi connectivity index (χ3n) is 2.07. The van der Waals surface area contributed by atoms with Crippen LogP contribution < -0.4 is 0 Å². The molecule has 9 nitrogen and oxygen atoms in total. The first-order valence-corrected chi connectivity index (χ1v) is 5.92. The summed E-state index contributed by atoms with van der Waals surface area (Å²) in [7, 11) is 0. The van der Waals surface area contributed by atoms with Gasteiger partial charge in [0.05, 0.1) is 13.2 Å². The van der Waals surface area contributed by atoms with Crippen LogP contribution in [-0.2, 0) is 24.0 Å². The summed E-state index contributed by atoms with van der Waals surface area (Å²) in [6, 6.07) is 0. The molecule has 0 aromatic rings. The van der Waals surface area contributed by atoms with Crippen LogP contribution in [0.1, 0.15) is 32.1 Å². The molecule has 20 heavy (non-hydrogen) atoms. The van der Waals surface area contributed by atoms with E-state index in [9.17, 15) is 19.2 Å². The number of nitrogens with zero attached hydrogens (tertiary/aromatic N) is 1. The molecule has 0 saturated carbocycles. The molecule has 0 aromatic heterocycles. The molecular weight excluding hydrogens is 274 g/mol. The fourth-order valence-corrected chi connectivity index (χ4v) is 1.19. The quantitative estimate of drug-likeness (QED) is 0.519. The average molecular weight is 291 g/mol. The number of imide groups is 1.